The van der Waals surface area contributed by atoms with Gasteiger partial charge in [0.1, 0.15) is 0 Å². The maximum Gasteiger partial charge on any atom is 0.0611 e. The molecule has 0 aromatic rings. The monoisotopic (exact) mass is 242 g/mol. The molecular weight excluding hydrogens is 212 g/mol. The molecule has 3 atom stereocenters. The first-order valence-electron chi connectivity index (χ1n) is 6.93. The number of hydrogen-bond donors (Lipinski definition) is 2. The molecule has 0 saturated heterocycles. The lowest BCUT2D eigenvalue weighted by Crippen LogP contribution is -2.50. The molecule has 0 heterocycles. The van der Waals surface area contributed by atoms with Crippen LogP contribution in [0.4, 0.5) is 0 Å². The first kappa shape index (κ1) is 14.9. The van der Waals surface area contributed by atoms with E-state index in [9.17, 15) is 5.11 Å². The summed E-state index contributed by atoms with van der Waals surface area (Å²) in [6, 6.07) is 0.418. The lowest BCUT2D eigenvalue weighted by atomic mass is 9.97. The van der Waals surface area contributed by atoms with Crippen molar-refractivity contribution in [3.8, 4) is 0 Å². The van der Waals surface area contributed by atoms with Crippen molar-refractivity contribution in [3.63, 3.8) is 0 Å². The molecule has 1 rings (SSSR count). The standard InChI is InChI=1S/C14H30N2O/c1-11(2)15-14(4,10-17)6-7-16(5)9-13-8-12(13)3/h11-13,15,17H,6-10H2,1-5H3. The Balaban J connectivity index is 2.25. The molecule has 3 heteroatoms. The third-order valence-electron chi connectivity index (χ3n) is 3.85. The zero-order valence-corrected chi connectivity index (χ0v) is 12.2. The lowest BCUT2D eigenvalue weighted by molar-refractivity contribution is 0.142. The van der Waals surface area contributed by atoms with E-state index >= 15 is 0 Å². The molecule has 3 unspecified atom stereocenters. The Labute approximate surface area is 107 Å². The molecule has 0 aromatic carbocycles. The molecule has 1 aliphatic rings. The van der Waals surface area contributed by atoms with Gasteiger partial charge >= 0.3 is 0 Å². The van der Waals surface area contributed by atoms with Crippen molar-refractivity contribution in [3.05, 3.63) is 0 Å². The molecule has 1 fully saturated rings. The van der Waals surface area contributed by atoms with Gasteiger partial charge in [0, 0.05) is 18.1 Å². The van der Waals surface area contributed by atoms with E-state index in [4.69, 9.17) is 0 Å². The summed E-state index contributed by atoms with van der Waals surface area (Å²) < 4.78 is 0. The van der Waals surface area contributed by atoms with E-state index in [-0.39, 0.29) is 12.1 Å². The van der Waals surface area contributed by atoms with Gasteiger partial charge in [0.15, 0.2) is 0 Å². The minimum absolute atomic E-state index is 0.141. The van der Waals surface area contributed by atoms with Crippen molar-refractivity contribution in [2.45, 2.75) is 52.1 Å². The molecule has 1 saturated carbocycles. The quantitative estimate of drug-likeness (QED) is 0.680. The largest absolute Gasteiger partial charge is 0.394 e. The average Bonchev–Trinajstić information content (AvgIpc) is 2.90. The number of rotatable bonds is 8. The molecule has 0 bridgehead atoms. The Morgan fingerprint density at radius 3 is 2.47 bits per heavy atom. The molecule has 0 amide bonds. The highest BCUT2D eigenvalue weighted by atomic mass is 16.3. The summed E-state index contributed by atoms with van der Waals surface area (Å²) in [7, 11) is 2.19. The lowest BCUT2D eigenvalue weighted by Gasteiger charge is -2.33. The zero-order valence-electron chi connectivity index (χ0n) is 12.2. The number of nitrogens with zero attached hydrogens (tertiary/aromatic N) is 1. The summed E-state index contributed by atoms with van der Waals surface area (Å²) in [5.41, 5.74) is -0.141. The van der Waals surface area contributed by atoms with Crippen molar-refractivity contribution in [1.82, 2.24) is 10.2 Å². The molecule has 0 aliphatic heterocycles. The van der Waals surface area contributed by atoms with Crippen LogP contribution >= 0.6 is 0 Å². The van der Waals surface area contributed by atoms with Crippen LogP contribution in [0.3, 0.4) is 0 Å². The Kier molecular flexibility index (Phi) is 5.42. The normalized spacial score (nSPS) is 27.5. The molecule has 3 nitrogen and oxygen atoms in total. The average molecular weight is 242 g/mol. The van der Waals surface area contributed by atoms with Gasteiger partial charge in [0.2, 0.25) is 0 Å². The van der Waals surface area contributed by atoms with Gasteiger partial charge in [-0.25, -0.2) is 0 Å². The molecule has 0 radical (unpaired) electrons. The highest BCUT2D eigenvalue weighted by Gasteiger charge is 2.33. The van der Waals surface area contributed by atoms with E-state index < -0.39 is 0 Å². The Bertz CT molecular complexity index is 232. The fraction of sp³-hybridized carbons (Fsp3) is 1.00. The summed E-state index contributed by atoms with van der Waals surface area (Å²) in [6.45, 7) is 11.2. The van der Waals surface area contributed by atoms with Crippen LogP contribution in [-0.4, -0.2) is 48.3 Å². The van der Waals surface area contributed by atoms with Crippen molar-refractivity contribution in [2.75, 3.05) is 26.7 Å². The van der Waals surface area contributed by atoms with Crippen LogP contribution in [0.1, 0.15) is 40.5 Å². The summed E-state index contributed by atoms with van der Waals surface area (Å²) in [6.07, 6.45) is 2.39. The van der Waals surface area contributed by atoms with E-state index in [1.165, 1.54) is 13.0 Å². The van der Waals surface area contributed by atoms with Crippen LogP contribution in [0.2, 0.25) is 0 Å². The van der Waals surface area contributed by atoms with Crippen LogP contribution in [-0.2, 0) is 0 Å². The van der Waals surface area contributed by atoms with Crippen LogP contribution < -0.4 is 5.32 Å². The van der Waals surface area contributed by atoms with Gasteiger partial charge in [-0.3, -0.25) is 0 Å². The molecule has 17 heavy (non-hydrogen) atoms. The minimum Gasteiger partial charge on any atom is -0.394 e. The fourth-order valence-corrected chi connectivity index (χ4v) is 2.48. The third-order valence-corrected chi connectivity index (χ3v) is 3.85. The molecule has 102 valence electrons. The van der Waals surface area contributed by atoms with Gasteiger partial charge in [0.25, 0.3) is 0 Å². The third kappa shape index (κ3) is 5.36. The highest BCUT2D eigenvalue weighted by Crippen LogP contribution is 2.37. The van der Waals surface area contributed by atoms with Crippen molar-refractivity contribution >= 4 is 0 Å². The summed E-state index contributed by atoms with van der Waals surface area (Å²) >= 11 is 0. The van der Waals surface area contributed by atoms with E-state index in [0.29, 0.717) is 6.04 Å². The van der Waals surface area contributed by atoms with Crippen LogP contribution in [0.5, 0.6) is 0 Å². The van der Waals surface area contributed by atoms with E-state index in [2.05, 4.69) is 45.0 Å². The molecule has 2 N–H and O–H groups in total. The number of nitrogens with one attached hydrogen (secondary N) is 1. The van der Waals surface area contributed by atoms with E-state index in [1.807, 2.05) is 0 Å². The van der Waals surface area contributed by atoms with E-state index in [1.54, 1.807) is 0 Å². The summed E-state index contributed by atoms with van der Waals surface area (Å²) in [5.74, 6) is 1.84. The Hall–Kier alpha value is -0.120. The van der Waals surface area contributed by atoms with Crippen molar-refractivity contribution in [2.24, 2.45) is 11.8 Å². The van der Waals surface area contributed by atoms with Gasteiger partial charge in [-0.2, -0.15) is 0 Å². The minimum atomic E-state index is -0.141. The molecule has 1 aliphatic carbocycles. The van der Waals surface area contributed by atoms with Gasteiger partial charge in [-0.05, 0) is 45.2 Å². The van der Waals surface area contributed by atoms with Crippen LogP contribution in [0.25, 0.3) is 0 Å². The topological polar surface area (TPSA) is 35.5 Å². The maximum absolute atomic E-state index is 9.50. The molecule has 0 spiro atoms. The van der Waals surface area contributed by atoms with Gasteiger partial charge in [-0.15, -0.1) is 0 Å². The Morgan fingerprint density at radius 1 is 1.47 bits per heavy atom. The predicted molar refractivity (Wildman–Crippen MR) is 73.1 cm³/mol. The second kappa shape index (κ2) is 6.17. The molecular formula is C14H30N2O. The maximum atomic E-state index is 9.50. The summed E-state index contributed by atoms with van der Waals surface area (Å²) in [4.78, 5) is 2.41. The van der Waals surface area contributed by atoms with Crippen molar-refractivity contribution in [1.29, 1.82) is 0 Å². The van der Waals surface area contributed by atoms with Crippen molar-refractivity contribution < 1.29 is 5.11 Å². The highest BCUT2D eigenvalue weighted by molar-refractivity contribution is 4.87. The number of hydrogen-bond acceptors (Lipinski definition) is 3. The smallest absolute Gasteiger partial charge is 0.0611 e. The predicted octanol–water partition coefficient (Wildman–Crippen LogP) is 1.71. The number of aliphatic hydroxyl groups excluding tert-OH is 1. The van der Waals surface area contributed by atoms with Crippen LogP contribution in [0.15, 0.2) is 0 Å². The Morgan fingerprint density at radius 2 is 2.06 bits per heavy atom. The molecule has 0 aromatic heterocycles. The summed E-state index contributed by atoms with van der Waals surface area (Å²) in [5, 5.41) is 13.0. The number of aliphatic hydroxyl groups is 1. The first-order valence-corrected chi connectivity index (χ1v) is 6.93. The first-order chi connectivity index (χ1) is 7.86. The van der Waals surface area contributed by atoms with Gasteiger partial charge in [-0.1, -0.05) is 20.8 Å². The second-order valence-electron chi connectivity index (χ2n) is 6.50. The van der Waals surface area contributed by atoms with Crippen LogP contribution in [0, 0.1) is 11.8 Å². The second-order valence-corrected chi connectivity index (χ2v) is 6.50. The van der Waals surface area contributed by atoms with Gasteiger partial charge < -0.3 is 15.3 Å². The zero-order chi connectivity index (χ0) is 13.1. The fourth-order valence-electron chi connectivity index (χ4n) is 2.48. The van der Waals surface area contributed by atoms with Gasteiger partial charge in [0.05, 0.1) is 6.61 Å². The van der Waals surface area contributed by atoms with E-state index in [0.717, 1.165) is 24.8 Å². The SMILES string of the molecule is CC(C)NC(C)(CO)CCN(C)CC1CC1C.